The van der Waals surface area contributed by atoms with Crippen molar-refractivity contribution in [2.75, 3.05) is 10.6 Å². The number of nitriles is 1. The van der Waals surface area contributed by atoms with Crippen molar-refractivity contribution < 1.29 is 8.78 Å². The number of anilines is 2. The van der Waals surface area contributed by atoms with Crippen molar-refractivity contribution in [1.29, 1.82) is 5.26 Å². The molecule has 21 heavy (non-hydrogen) atoms. The zero-order valence-corrected chi connectivity index (χ0v) is 11.9. The maximum Gasteiger partial charge on any atom is 0.182 e. The van der Waals surface area contributed by atoms with E-state index in [1.807, 2.05) is 13.0 Å². The van der Waals surface area contributed by atoms with E-state index in [0.29, 0.717) is 11.3 Å². The highest BCUT2D eigenvalue weighted by Crippen LogP contribution is 2.44. The molecule has 1 heterocycles. The Bertz CT molecular complexity index is 726. The predicted molar refractivity (Wildman–Crippen MR) is 80.4 cm³/mol. The first-order chi connectivity index (χ1) is 9.84. The lowest BCUT2D eigenvalue weighted by Crippen LogP contribution is -2.31. The van der Waals surface area contributed by atoms with Gasteiger partial charge in [-0.05, 0) is 19.4 Å². The second-order valence-corrected chi connectivity index (χ2v) is 4.91. The molecule has 0 radical (unpaired) electrons. The van der Waals surface area contributed by atoms with E-state index in [1.165, 1.54) is 6.92 Å². The van der Waals surface area contributed by atoms with Gasteiger partial charge in [0.25, 0.3) is 0 Å². The van der Waals surface area contributed by atoms with Gasteiger partial charge in [-0.2, -0.15) is 5.26 Å². The first-order valence-electron chi connectivity index (χ1n) is 6.34. The second kappa shape index (κ2) is 5.06. The third-order valence-electron chi connectivity index (χ3n) is 3.67. The number of nitrogen functional groups attached to an aromatic ring is 1. The zero-order valence-electron chi connectivity index (χ0n) is 11.9. The molecular formula is C16H15F2N3. The van der Waals surface area contributed by atoms with Gasteiger partial charge in [-0.1, -0.05) is 12.7 Å². The number of hydrogen-bond acceptors (Lipinski definition) is 3. The summed E-state index contributed by atoms with van der Waals surface area (Å²) >= 11 is 0. The van der Waals surface area contributed by atoms with Gasteiger partial charge in [-0.15, -0.1) is 6.58 Å². The number of allylic oxidation sites excluding steroid dienone is 2. The molecular weight excluding hydrogens is 272 g/mol. The molecule has 1 aliphatic heterocycles. The van der Waals surface area contributed by atoms with Crippen LogP contribution >= 0.6 is 0 Å². The van der Waals surface area contributed by atoms with Crippen molar-refractivity contribution in [1.82, 2.24) is 0 Å². The van der Waals surface area contributed by atoms with Crippen LogP contribution in [-0.2, 0) is 0 Å². The minimum atomic E-state index is -1.11. The van der Waals surface area contributed by atoms with Crippen molar-refractivity contribution >= 4 is 16.9 Å². The molecule has 1 aromatic rings. The predicted octanol–water partition coefficient (Wildman–Crippen LogP) is 3.67. The van der Waals surface area contributed by atoms with Crippen LogP contribution in [-0.4, -0.2) is 6.04 Å². The zero-order chi connectivity index (χ0) is 15.9. The molecule has 0 saturated heterocycles. The van der Waals surface area contributed by atoms with Crippen LogP contribution in [0.25, 0.3) is 5.57 Å². The smallest absolute Gasteiger partial charge is 0.182 e. The molecule has 2 N–H and O–H groups in total. The van der Waals surface area contributed by atoms with Gasteiger partial charge in [-0.25, -0.2) is 8.78 Å². The van der Waals surface area contributed by atoms with Crippen LogP contribution < -0.4 is 10.6 Å². The summed E-state index contributed by atoms with van der Waals surface area (Å²) in [5.41, 5.74) is 6.74. The summed E-state index contributed by atoms with van der Waals surface area (Å²) in [4.78, 5) is 1.66. The van der Waals surface area contributed by atoms with Gasteiger partial charge in [-0.3, -0.25) is 0 Å². The van der Waals surface area contributed by atoms with Gasteiger partial charge in [0.1, 0.15) is 6.07 Å². The first kappa shape index (κ1) is 14.8. The third kappa shape index (κ3) is 2.00. The molecule has 1 aromatic carbocycles. The maximum absolute atomic E-state index is 14.0. The van der Waals surface area contributed by atoms with E-state index in [4.69, 9.17) is 5.73 Å². The highest BCUT2D eigenvalue weighted by atomic mass is 19.2. The average molecular weight is 287 g/mol. The maximum atomic E-state index is 14.0. The standard InChI is InChI=1S/C16H15F2N3/c1-5-8(2)21-7-11(6-19)9(3)12-15(20)14(18)13(17)10(4)16(12)21/h5,7-8H,1,3,20H2,2,4H3. The lowest BCUT2D eigenvalue weighted by Gasteiger charge is -2.34. The van der Waals surface area contributed by atoms with Crippen molar-refractivity contribution in [3.8, 4) is 6.07 Å². The summed E-state index contributed by atoms with van der Waals surface area (Å²) in [5.74, 6) is -2.10. The van der Waals surface area contributed by atoms with Crippen LogP contribution in [0.2, 0.25) is 0 Å². The van der Waals surface area contributed by atoms with Gasteiger partial charge in [0.05, 0.1) is 16.9 Å². The van der Waals surface area contributed by atoms with Crippen molar-refractivity contribution in [2.45, 2.75) is 19.9 Å². The first-order valence-corrected chi connectivity index (χ1v) is 6.34. The van der Waals surface area contributed by atoms with Crippen LogP contribution in [0.15, 0.2) is 31.0 Å². The molecule has 0 fully saturated rings. The Hall–Kier alpha value is -2.61. The molecule has 1 aliphatic rings. The number of nitrogens with two attached hydrogens (primary N) is 1. The van der Waals surface area contributed by atoms with Gasteiger partial charge < -0.3 is 10.6 Å². The Morgan fingerprint density at radius 2 is 2.05 bits per heavy atom. The van der Waals surface area contributed by atoms with E-state index in [9.17, 15) is 14.0 Å². The fourth-order valence-corrected chi connectivity index (χ4v) is 2.39. The third-order valence-corrected chi connectivity index (χ3v) is 3.67. The molecule has 3 nitrogen and oxygen atoms in total. The Labute approximate surface area is 122 Å². The molecule has 1 atom stereocenters. The molecule has 0 aromatic heterocycles. The summed E-state index contributed by atoms with van der Waals surface area (Å²) in [6.45, 7) is 10.8. The molecule has 0 spiro atoms. The van der Waals surface area contributed by atoms with Crippen LogP contribution in [0.5, 0.6) is 0 Å². The van der Waals surface area contributed by atoms with Gasteiger partial charge in [0.15, 0.2) is 11.6 Å². The monoisotopic (exact) mass is 287 g/mol. The Morgan fingerprint density at radius 1 is 1.43 bits per heavy atom. The SMILES string of the molecule is C=CC(C)N1C=C(C#N)C(=C)c2c(N)c(F)c(F)c(C)c21. The minimum absolute atomic E-state index is 0.125. The minimum Gasteiger partial charge on any atom is -0.396 e. The van der Waals surface area contributed by atoms with E-state index in [1.54, 1.807) is 17.2 Å². The Kier molecular flexibility index (Phi) is 3.56. The van der Waals surface area contributed by atoms with Crippen molar-refractivity contribution in [3.63, 3.8) is 0 Å². The van der Waals surface area contributed by atoms with Crippen LogP contribution in [0, 0.1) is 29.9 Å². The highest BCUT2D eigenvalue weighted by Gasteiger charge is 2.31. The van der Waals surface area contributed by atoms with Gasteiger partial charge >= 0.3 is 0 Å². The molecule has 0 bridgehead atoms. The van der Waals surface area contributed by atoms with E-state index in [-0.39, 0.29) is 28.4 Å². The van der Waals surface area contributed by atoms with E-state index in [0.717, 1.165) is 0 Å². The number of fused-ring (bicyclic) bond motifs is 1. The van der Waals surface area contributed by atoms with Crippen LogP contribution in [0.1, 0.15) is 18.1 Å². The van der Waals surface area contributed by atoms with Gasteiger partial charge in [0, 0.05) is 23.4 Å². The highest BCUT2D eigenvalue weighted by molar-refractivity contribution is 5.97. The second-order valence-electron chi connectivity index (χ2n) is 4.91. The molecule has 1 unspecified atom stereocenters. The topological polar surface area (TPSA) is 53.0 Å². The number of hydrogen-bond donors (Lipinski definition) is 1. The molecule has 2 rings (SSSR count). The molecule has 0 saturated carbocycles. The molecule has 108 valence electrons. The fourth-order valence-electron chi connectivity index (χ4n) is 2.39. The van der Waals surface area contributed by atoms with Crippen molar-refractivity contribution in [2.24, 2.45) is 0 Å². The van der Waals surface area contributed by atoms with Crippen LogP contribution in [0.3, 0.4) is 0 Å². The van der Waals surface area contributed by atoms with E-state index >= 15 is 0 Å². The van der Waals surface area contributed by atoms with Crippen LogP contribution in [0.4, 0.5) is 20.2 Å². The summed E-state index contributed by atoms with van der Waals surface area (Å²) in [6, 6.07) is 1.78. The number of rotatable bonds is 2. The molecule has 0 amide bonds. The lowest BCUT2D eigenvalue weighted by atomic mass is 9.90. The fraction of sp³-hybridized carbons (Fsp3) is 0.188. The number of benzene rings is 1. The summed E-state index contributed by atoms with van der Waals surface area (Å²) in [7, 11) is 0. The molecule has 0 aliphatic carbocycles. The molecule has 5 heteroatoms. The lowest BCUT2D eigenvalue weighted by molar-refractivity contribution is 0.506. The van der Waals surface area contributed by atoms with E-state index < -0.39 is 11.6 Å². The largest absolute Gasteiger partial charge is 0.396 e. The van der Waals surface area contributed by atoms with E-state index in [2.05, 4.69) is 13.2 Å². The van der Waals surface area contributed by atoms with Crippen molar-refractivity contribution in [3.05, 3.63) is 53.8 Å². The number of halogens is 2. The quantitative estimate of drug-likeness (QED) is 0.667. The number of nitrogens with zero attached hydrogens (tertiary/aromatic N) is 2. The summed E-state index contributed by atoms with van der Waals surface area (Å²) in [5, 5.41) is 9.20. The summed E-state index contributed by atoms with van der Waals surface area (Å²) < 4.78 is 27.9. The van der Waals surface area contributed by atoms with Gasteiger partial charge in [0.2, 0.25) is 0 Å². The summed E-state index contributed by atoms with van der Waals surface area (Å²) in [6.07, 6.45) is 3.20. The Morgan fingerprint density at radius 3 is 2.57 bits per heavy atom. The Balaban J connectivity index is 2.89. The normalized spacial score (nSPS) is 15.1. The average Bonchev–Trinajstić information content (AvgIpc) is 2.49.